The molecule has 1 aliphatic heterocycles. The number of carbonyl (C=O) groups excluding carboxylic acids is 1. The van der Waals surface area contributed by atoms with E-state index in [0.29, 0.717) is 16.6 Å². The van der Waals surface area contributed by atoms with E-state index >= 15 is 0 Å². The van der Waals surface area contributed by atoms with E-state index in [9.17, 15) is 4.79 Å². The summed E-state index contributed by atoms with van der Waals surface area (Å²) in [5, 5.41) is 4.61. The van der Waals surface area contributed by atoms with Crippen molar-refractivity contribution in [2.75, 3.05) is 13.6 Å². The highest BCUT2D eigenvalue weighted by molar-refractivity contribution is 6.34. The smallest absolute Gasteiger partial charge is 0.242 e. The highest BCUT2D eigenvalue weighted by Gasteiger charge is 2.41. The van der Waals surface area contributed by atoms with Gasteiger partial charge in [0.2, 0.25) is 5.91 Å². The van der Waals surface area contributed by atoms with E-state index in [0.717, 1.165) is 37.8 Å². The first-order valence-corrected chi connectivity index (χ1v) is 8.18. The van der Waals surface area contributed by atoms with Crippen LogP contribution in [0.25, 0.3) is 0 Å². The van der Waals surface area contributed by atoms with Crippen LogP contribution in [0, 0.1) is 0 Å². The molecule has 1 aliphatic rings. The Balaban J connectivity index is 2.11. The van der Waals surface area contributed by atoms with Crippen molar-refractivity contribution >= 4 is 29.1 Å². The van der Waals surface area contributed by atoms with Crippen molar-refractivity contribution in [1.29, 1.82) is 0 Å². The van der Waals surface area contributed by atoms with Gasteiger partial charge in [0.15, 0.2) is 0 Å². The monoisotopic (exact) mass is 328 g/mol. The molecule has 1 fully saturated rings. The van der Waals surface area contributed by atoms with Crippen molar-refractivity contribution in [2.45, 2.75) is 44.7 Å². The molecule has 0 saturated carbocycles. The Labute approximate surface area is 136 Å². The van der Waals surface area contributed by atoms with Gasteiger partial charge in [-0.25, -0.2) is 0 Å². The lowest BCUT2D eigenvalue weighted by Crippen LogP contribution is -2.53. The van der Waals surface area contributed by atoms with Crippen LogP contribution in [0.4, 0.5) is 0 Å². The second-order valence-electron chi connectivity index (χ2n) is 5.80. The Morgan fingerprint density at radius 2 is 2.00 bits per heavy atom. The molecule has 1 atom stereocenters. The third kappa shape index (κ3) is 3.91. The van der Waals surface area contributed by atoms with Crippen LogP contribution in [0.3, 0.4) is 0 Å². The minimum absolute atomic E-state index is 0.165. The van der Waals surface area contributed by atoms with E-state index in [4.69, 9.17) is 23.2 Å². The number of likely N-dealkylation sites (N-methyl/N-ethyl adjacent to an activating group) is 1. The number of nitrogens with zero attached hydrogens (tertiary/aromatic N) is 1. The molecule has 1 heterocycles. The molecule has 21 heavy (non-hydrogen) atoms. The summed E-state index contributed by atoms with van der Waals surface area (Å²) in [6.07, 6.45) is 3.85. The summed E-state index contributed by atoms with van der Waals surface area (Å²) < 4.78 is 0. The van der Waals surface area contributed by atoms with Gasteiger partial charge in [-0.2, -0.15) is 0 Å². The van der Waals surface area contributed by atoms with E-state index in [-0.39, 0.29) is 11.4 Å². The molecule has 0 bridgehead atoms. The van der Waals surface area contributed by atoms with Gasteiger partial charge in [0.05, 0.1) is 5.54 Å². The normalized spacial score (nSPS) is 21.5. The number of carbonyl (C=O) groups is 1. The molecule has 116 valence electrons. The lowest BCUT2D eigenvalue weighted by molar-refractivity contribution is -0.137. The number of hydrogen-bond donors (Lipinski definition) is 1. The van der Waals surface area contributed by atoms with E-state index in [1.807, 2.05) is 19.2 Å². The molecule has 1 aromatic carbocycles. The average molecular weight is 329 g/mol. The molecule has 1 saturated heterocycles. The number of hydrogen-bond acceptors (Lipinski definition) is 2. The third-order valence-electron chi connectivity index (χ3n) is 4.02. The summed E-state index contributed by atoms with van der Waals surface area (Å²) in [6, 6.07) is 5.41. The maximum atomic E-state index is 12.8. The quantitative estimate of drug-likeness (QED) is 0.889. The van der Waals surface area contributed by atoms with Gasteiger partial charge in [-0.3, -0.25) is 4.79 Å². The van der Waals surface area contributed by atoms with Crippen LogP contribution in [0.1, 0.15) is 38.2 Å². The van der Waals surface area contributed by atoms with Gasteiger partial charge in [-0.15, -0.1) is 0 Å². The standard InChI is InChI=1S/C16H22Cl2N2O/c1-3-5-16(6-4-7-19-16)15(21)20(2)11-12-8-13(17)10-14(18)9-12/h8-10,19H,3-7,11H2,1-2H3. The van der Waals surface area contributed by atoms with Gasteiger partial charge in [0.1, 0.15) is 0 Å². The van der Waals surface area contributed by atoms with Gasteiger partial charge in [-0.05, 0) is 49.6 Å². The van der Waals surface area contributed by atoms with E-state index in [2.05, 4.69) is 12.2 Å². The SMILES string of the molecule is CCCC1(C(=O)N(C)Cc2cc(Cl)cc(Cl)c2)CCCN1. The van der Waals surface area contributed by atoms with E-state index < -0.39 is 0 Å². The fraction of sp³-hybridized carbons (Fsp3) is 0.562. The topological polar surface area (TPSA) is 32.3 Å². The number of rotatable bonds is 5. The van der Waals surface area contributed by atoms with Crippen LogP contribution < -0.4 is 5.32 Å². The summed E-state index contributed by atoms with van der Waals surface area (Å²) >= 11 is 12.0. The molecule has 1 unspecified atom stereocenters. The zero-order chi connectivity index (χ0) is 15.5. The van der Waals surface area contributed by atoms with E-state index in [1.54, 1.807) is 11.0 Å². The maximum absolute atomic E-state index is 12.8. The lowest BCUT2D eigenvalue weighted by atomic mass is 9.90. The Morgan fingerprint density at radius 1 is 1.33 bits per heavy atom. The van der Waals surface area contributed by atoms with Crippen LogP contribution in [-0.2, 0) is 11.3 Å². The molecule has 1 N–H and O–H groups in total. The first-order valence-electron chi connectivity index (χ1n) is 7.42. The predicted molar refractivity (Wildman–Crippen MR) is 87.8 cm³/mol. The molecule has 0 aromatic heterocycles. The van der Waals surface area contributed by atoms with E-state index in [1.165, 1.54) is 0 Å². The van der Waals surface area contributed by atoms with Gasteiger partial charge in [0, 0.05) is 23.6 Å². The fourth-order valence-corrected chi connectivity index (χ4v) is 3.72. The van der Waals surface area contributed by atoms with Crippen LogP contribution in [0.15, 0.2) is 18.2 Å². The number of amides is 1. The molecule has 0 aliphatic carbocycles. The minimum Gasteiger partial charge on any atom is -0.340 e. The zero-order valence-corrected chi connectivity index (χ0v) is 14.1. The Kier molecular flexibility index (Phi) is 5.53. The molecule has 1 aromatic rings. The molecule has 1 amide bonds. The highest BCUT2D eigenvalue weighted by Crippen LogP contribution is 2.28. The van der Waals surface area contributed by atoms with Crippen LogP contribution in [0.2, 0.25) is 10.0 Å². The maximum Gasteiger partial charge on any atom is 0.242 e. The molecular formula is C16H22Cl2N2O. The second kappa shape index (κ2) is 6.99. The van der Waals surface area contributed by atoms with Gasteiger partial charge < -0.3 is 10.2 Å². The summed E-state index contributed by atoms with van der Waals surface area (Å²) in [5.41, 5.74) is 0.569. The Hall–Kier alpha value is -0.770. The van der Waals surface area contributed by atoms with Gasteiger partial charge in [-0.1, -0.05) is 36.5 Å². The van der Waals surface area contributed by atoms with Crippen LogP contribution in [0.5, 0.6) is 0 Å². The second-order valence-corrected chi connectivity index (χ2v) is 6.67. The molecule has 0 radical (unpaired) electrons. The molecule has 2 rings (SSSR count). The van der Waals surface area contributed by atoms with Crippen molar-refractivity contribution in [2.24, 2.45) is 0 Å². The molecule has 3 nitrogen and oxygen atoms in total. The van der Waals surface area contributed by atoms with Crippen LogP contribution >= 0.6 is 23.2 Å². The summed E-state index contributed by atoms with van der Waals surface area (Å²) in [5.74, 6) is 0.165. The minimum atomic E-state index is -0.383. The molecule has 0 spiro atoms. The Bertz CT molecular complexity index is 493. The highest BCUT2D eigenvalue weighted by atomic mass is 35.5. The summed E-state index contributed by atoms with van der Waals surface area (Å²) in [7, 11) is 1.84. The van der Waals surface area contributed by atoms with Crippen LogP contribution in [-0.4, -0.2) is 29.9 Å². The van der Waals surface area contributed by atoms with Gasteiger partial charge >= 0.3 is 0 Å². The predicted octanol–water partition coefficient (Wildman–Crippen LogP) is 3.87. The molecular weight excluding hydrogens is 307 g/mol. The van der Waals surface area contributed by atoms with Crippen molar-refractivity contribution in [3.63, 3.8) is 0 Å². The lowest BCUT2D eigenvalue weighted by Gasteiger charge is -2.32. The van der Waals surface area contributed by atoms with Crippen molar-refractivity contribution in [3.05, 3.63) is 33.8 Å². The third-order valence-corrected chi connectivity index (χ3v) is 4.46. The fourth-order valence-electron chi connectivity index (χ4n) is 3.15. The molecule has 5 heteroatoms. The largest absolute Gasteiger partial charge is 0.340 e. The average Bonchev–Trinajstić information content (AvgIpc) is 2.86. The number of benzene rings is 1. The summed E-state index contributed by atoms with van der Waals surface area (Å²) in [4.78, 5) is 14.6. The summed E-state index contributed by atoms with van der Waals surface area (Å²) in [6.45, 7) is 3.56. The van der Waals surface area contributed by atoms with Crippen molar-refractivity contribution < 1.29 is 4.79 Å². The number of halogens is 2. The Morgan fingerprint density at radius 3 is 2.52 bits per heavy atom. The van der Waals surface area contributed by atoms with Crippen molar-refractivity contribution in [3.8, 4) is 0 Å². The van der Waals surface area contributed by atoms with Gasteiger partial charge in [0.25, 0.3) is 0 Å². The number of nitrogens with one attached hydrogen (secondary N) is 1. The zero-order valence-electron chi connectivity index (χ0n) is 12.6. The first kappa shape index (κ1) is 16.6. The van der Waals surface area contributed by atoms with Crippen molar-refractivity contribution in [1.82, 2.24) is 10.2 Å². The first-order chi connectivity index (χ1) is 9.97.